The van der Waals surface area contributed by atoms with Crippen LogP contribution in [0.5, 0.6) is 0 Å². The van der Waals surface area contributed by atoms with Crippen molar-refractivity contribution in [3.8, 4) is 0 Å². The fourth-order valence-corrected chi connectivity index (χ4v) is 1.15. The number of hydrogen-bond acceptors (Lipinski definition) is 1. The van der Waals surface area contributed by atoms with Crippen LogP contribution >= 0.6 is 11.6 Å². The predicted molar refractivity (Wildman–Crippen MR) is 41.4 cm³/mol. The van der Waals surface area contributed by atoms with Gasteiger partial charge in [-0.2, -0.15) is 0 Å². The molecule has 0 saturated heterocycles. The molecule has 1 N–H and O–H groups in total. The van der Waals surface area contributed by atoms with E-state index in [0.717, 1.165) is 12.8 Å². The average molecular weight is 165 g/mol. The van der Waals surface area contributed by atoms with Crippen LogP contribution in [-0.4, -0.2) is 17.0 Å². The van der Waals surface area contributed by atoms with E-state index in [2.05, 4.69) is 0 Å². The minimum atomic E-state index is -0.751. The second kappa shape index (κ2) is 5.54. The first-order valence-corrected chi connectivity index (χ1v) is 4.01. The van der Waals surface area contributed by atoms with Crippen molar-refractivity contribution in [2.45, 2.75) is 26.2 Å². The number of halogens is 1. The van der Waals surface area contributed by atoms with E-state index in [9.17, 15) is 4.79 Å². The Morgan fingerprint density at radius 1 is 1.70 bits per heavy atom. The molecular formula is C7H13ClO2. The summed E-state index contributed by atoms with van der Waals surface area (Å²) in [5.74, 6) is -0.136. The molecule has 0 aromatic heterocycles. The average Bonchev–Trinajstić information content (AvgIpc) is 1.86. The number of aliphatic carboxylic acids is 1. The number of rotatable bonds is 5. The van der Waals surface area contributed by atoms with Crippen molar-refractivity contribution in [2.75, 3.05) is 5.88 Å². The van der Waals surface area contributed by atoms with Gasteiger partial charge < -0.3 is 5.11 Å². The molecule has 0 aromatic rings. The summed E-state index contributed by atoms with van der Waals surface area (Å²) in [5, 5.41) is 8.38. The normalized spacial score (nSPS) is 13.0. The van der Waals surface area contributed by atoms with Gasteiger partial charge in [0.2, 0.25) is 0 Å². The Morgan fingerprint density at radius 3 is 2.60 bits per heavy atom. The molecule has 2 nitrogen and oxygen atoms in total. The summed E-state index contributed by atoms with van der Waals surface area (Å²) in [6.07, 6.45) is 2.12. The van der Waals surface area contributed by atoms with Gasteiger partial charge in [0.05, 0.1) is 0 Å². The van der Waals surface area contributed by atoms with Crippen molar-refractivity contribution in [2.24, 2.45) is 5.92 Å². The highest BCUT2D eigenvalue weighted by Gasteiger charge is 2.09. The van der Waals surface area contributed by atoms with Gasteiger partial charge in [0.1, 0.15) is 0 Å². The van der Waals surface area contributed by atoms with Crippen molar-refractivity contribution in [3.63, 3.8) is 0 Å². The van der Waals surface area contributed by atoms with E-state index in [0.29, 0.717) is 5.88 Å². The molecule has 0 aliphatic carbocycles. The Kier molecular flexibility index (Phi) is 5.40. The number of carboxylic acid groups (broad SMARTS) is 1. The maximum Gasteiger partial charge on any atom is 0.303 e. The highest BCUT2D eigenvalue weighted by molar-refractivity contribution is 6.18. The standard InChI is InChI=1S/C7H13ClO2/c1-2-3-6(5-8)4-7(9)10/h6H,2-5H2,1H3,(H,9,10)/t6-/m1/s1. The van der Waals surface area contributed by atoms with Gasteiger partial charge in [-0.25, -0.2) is 0 Å². The smallest absolute Gasteiger partial charge is 0.303 e. The maximum atomic E-state index is 10.2. The molecule has 3 heteroatoms. The van der Waals surface area contributed by atoms with Crippen LogP contribution in [0, 0.1) is 5.92 Å². The molecule has 10 heavy (non-hydrogen) atoms. The summed E-state index contributed by atoms with van der Waals surface area (Å²) in [6, 6.07) is 0. The minimum absolute atomic E-state index is 0.157. The topological polar surface area (TPSA) is 37.3 Å². The summed E-state index contributed by atoms with van der Waals surface area (Å²) in [4.78, 5) is 10.2. The predicted octanol–water partition coefficient (Wildman–Crippen LogP) is 2.12. The first kappa shape index (κ1) is 9.76. The largest absolute Gasteiger partial charge is 0.481 e. The van der Waals surface area contributed by atoms with Gasteiger partial charge in [-0.15, -0.1) is 11.6 Å². The molecule has 0 radical (unpaired) electrons. The molecule has 0 saturated carbocycles. The van der Waals surface area contributed by atoms with E-state index in [4.69, 9.17) is 16.7 Å². The summed E-state index contributed by atoms with van der Waals surface area (Å²) < 4.78 is 0. The van der Waals surface area contributed by atoms with E-state index >= 15 is 0 Å². The SMILES string of the molecule is CCC[C@@H](CCl)CC(=O)O. The first-order chi connectivity index (χ1) is 4.70. The first-order valence-electron chi connectivity index (χ1n) is 3.48. The third kappa shape index (κ3) is 4.62. The molecule has 60 valence electrons. The fraction of sp³-hybridized carbons (Fsp3) is 0.857. The van der Waals surface area contributed by atoms with Gasteiger partial charge in [-0.3, -0.25) is 4.79 Å². The second-order valence-electron chi connectivity index (χ2n) is 2.41. The molecule has 0 amide bonds. The summed E-state index contributed by atoms with van der Waals surface area (Å²) in [5.41, 5.74) is 0. The minimum Gasteiger partial charge on any atom is -0.481 e. The van der Waals surface area contributed by atoms with Crippen molar-refractivity contribution >= 4 is 17.6 Å². The zero-order chi connectivity index (χ0) is 7.98. The van der Waals surface area contributed by atoms with Crippen LogP contribution in [0.4, 0.5) is 0 Å². The van der Waals surface area contributed by atoms with Crippen LogP contribution in [0.2, 0.25) is 0 Å². The highest BCUT2D eigenvalue weighted by Crippen LogP contribution is 2.12. The molecular weight excluding hydrogens is 152 g/mol. The molecule has 1 atom stereocenters. The Labute approximate surface area is 66.2 Å². The Bertz CT molecular complexity index is 104. The van der Waals surface area contributed by atoms with E-state index < -0.39 is 5.97 Å². The molecule has 0 aliphatic heterocycles. The Hall–Kier alpha value is -0.240. The molecule has 0 spiro atoms. The van der Waals surface area contributed by atoms with Crippen LogP contribution in [0.1, 0.15) is 26.2 Å². The van der Waals surface area contributed by atoms with Crippen LogP contribution in [-0.2, 0) is 4.79 Å². The van der Waals surface area contributed by atoms with Gasteiger partial charge in [0, 0.05) is 12.3 Å². The third-order valence-electron chi connectivity index (χ3n) is 1.38. The highest BCUT2D eigenvalue weighted by atomic mass is 35.5. The van der Waals surface area contributed by atoms with Crippen LogP contribution in [0.3, 0.4) is 0 Å². The van der Waals surface area contributed by atoms with Gasteiger partial charge in [-0.1, -0.05) is 13.3 Å². The van der Waals surface area contributed by atoms with E-state index in [1.54, 1.807) is 0 Å². The molecule has 0 fully saturated rings. The summed E-state index contributed by atoms with van der Waals surface area (Å²) in [7, 11) is 0. The quantitative estimate of drug-likeness (QED) is 0.632. The zero-order valence-electron chi connectivity index (χ0n) is 6.14. The zero-order valence-corrected chi connectivity index (χ0v) is 6.90. The van der Waals surface area contributed by atoms with Gasteiger partial charge >= 0.3 is 5.97 Å². The lowest BCUT2D eigenvalue weighted by molar-refractivity contribution is -0.137. The van der Waals surface area contributed by atoms with Crippen molar-refractivity contribution in [1.82, 2.24) is 0 Å². The van der Waals surface area contributed by atoms with E-state index in [-0.39, 0.29) is 12.3 Å². The lowest BCUT2D eigenvalue weighted by Crippen LogP contribution is -2.08. The molecule has 0 rings (SSSR count). The van der Waals surface area contributed by atoms with Crippen molar-refractivity contribution in [1.29, 1.82) is 0 Å². The second-order valence-corrected chi connectivity index (χ2v) is 2.72. The molecule has 0 unspecified atom stereocenters. The number of alkyl halides is 1. The number of hydrogen-bond donors (Lipinski definition) is 1. The molecule has 0 bridgehead atoms. The van der Waals surface area contributed by atoms with Gasteiger partial charge in [0.15, 0.2) is 0 Å². The van der Waals surface area contributed by atoms with Gasteiger partial charge in [0.25, 0.3) is 0 Å². The maximum absolute atomic E-state index is 10.2. The van der Waals surface area contributed by atoms with Crippen LogP contribution < -0.4 is 0 Å². The molecule has 0 aromatic carbocycles. The summed E-state index contributed by atoms with van der Waals surface area (Å²) in [6.45, 7) is 2.03. The summed E-state index contributed by atoms with van der Waals surface area (Å²) >= 11 is 5.53. The fourth-order valence-electron chi connectivity index (χ4n) is 0.889. The lowest BCUT2D eigenvalue weighted by atomic mass is 10.0. The van der Waals surface area contributed by atoms with E-state index in [1.165, 1.54) is 0 Å². The Balaban J connectivity index is 3.49. The van der Waals surface area contributed by atoms with Crippen molar-refractivity contribution in [3.05, 3.63) is 0 Å². The van der Waals surface area contributed by atoms with E-state index in [1.807, 2.05) is 6.92 Å². The Morgan fingerprint density at radius 2 is 2.30 bits per heavy atom. The van der Waals surface area contributed by atoms with Crippen LogP contribution in [0.15, 0.2) is 0 Å². The molecule has 0 aliphatic rings. The van der Waals surface area contributed by atoms with Crippen molar-refractivity contribution < 1.29 is 9.90 Å². The van der Waals surface area contributed by atoms with Gasteiger partial charge in [-0.05, 0) is 12.3 Å². The number of carbonyl (C=O) groups is 1. The lowest BCUT2D eigenvalue weighted by Gasteiger charge is -2.07. The third-order valence-corrected chi connectivity index (χ3v) is 1.81. The number of carboxylic acids is 1. The van der Waals surface area contributed by atoms with Crippen LogP contribution in [0.25, 0.3) is 0 Å². The molecule has 0 heterocycles. The monoisotopic (exact) mass is 164 g/mol.